The first kappa shape index (κ1) is 21.2. The quantitative estimate of drug-likeness (QED) is 0.415. The summed E-state index contributed by atoms with van der Waals surface area (Å²) < 4.78 is 10.8. The second kappa shape index (κ2) is 9.31. The first-order chi connectivity index (χ1) is 14.4. The van der Waals surface area contributed by atoms with Crippen LogP contribution in [0.15, 0.2) is 39.4 Å². The molecular weight excluding hydrogens is 390 g/mol. The van der Waals surface area contributed by atoms with Gasteiger partial charge in [-0.2, -0.15) is 0 Å². The van der Waals surface area contributed by atoms with E-state index >= 15 is 0 Å². The summed E-state index contributed by atoms with van der Waals surface area (Å²) >= 11 is 0. The van der Waals surface area contributed by atoms with Gasteiger partial charge in [0.25, 0.3) is 11.6 Å². The molecule has 0 atom stereocenters. The Hall–Kier alpha value is -3.53. The Bertz CT molecular complexity index is 1030. The maximum atomic E-state index is 12.6. The van der Waals surface area contributed by atoms with Crippen LogP contribution >= 0.6 is 0 Å². The lowest BCUT2D eigenvalue weighted by atomic mass is 10.1. The highest BCUT2D eigenvalue weighted by atomic mass is 16.6. The predicted molar refractivity (Wildman–Crippen MR) is 109 cm³/mol. The number of aromatic nitrogens is 2. The number of nitrogens with one attached hydrogen (secondary N) is 1. The zero-order valence-electron chi connectivity index (χ0n) is 17.0. The van der Waals surface area contributed by atoms with Crippen LogP contribution in [0.25, 0.3) is 11.7 Å². The van der Waals surface area contributed by atoms with Crippen LogP contribution in [0, 0.1) is 24.0 Å². The van der Waals surface area contributed by atoms with Crippen molar-refractivity contribution in [2.75, 3.05) is 18.4 Å². The van der Waals surface area contributed by atoms with Crippen molar-refractivity contribution in [1.82, 2.24) is 15.1 Å². The Balaban J connectivity index is 1.69. The van der Waals surface area contributed by atoms with Crippen LogP contribution in [0.2, 0.25) is 0 Å². The van der Waals surface area contributed by atoms with Crippen LogP contribution in [0.5, 0.6) is 0 Å². The molecular formula is C20H23N5O5. The maximum Gasteiger partial charge on any atom is 0.293 e. The van der Waals surface area contributed by atoms with Gasteiger partial charge in [-0.1, -0.05) is 6.92 Å². The van der Waals surface area contributed by atoms with Gasteiger partial charge in [-0.05, 0) is 56.1 Å². The van der Waals surface area contributed by atoms with E-state index in [-0.39, 0.29) is 36.3 Å². The van der Waals surface area contributed by atoms with Gasteiger partial charge in [0.1, 0.15) is 5.69 Å². The lowest BCUT2D eigenvalue weighted by Crippen LogP contribution is -2.33. The number of anilines is 1. The fourth-order valence-electron chi connectivity index (χ4n) is 2.98. The molecule has 0 radical (unpaired) electrons. The molecule has 3 rings (SSSR count). The lowest BCUT2D eigenvalue weighted by molar-refractivity contribution is -0.384. The molecule has 1 N–H and O–H groups in total. The summed E-state index contributed by atoms with van der Waals surface area (Å²) in [5, 5.41) is 22.0. The van der Waals surface area contributed by atoms with E-state index in [9.17, 15) is 14.9 Å². The number of hydrogen-bond acceptors (Lipinski definition) is 8. The molecule has 2 aromatic heterocycles. The van der Waals surface area contributed by atoms with E-state index in [1.54, 1.807) is 25.1 Å². The minimum Gasteiger partial charge on any atom is -0.459 e. The molecule has 3 aromatic rings. The van der Waals surface area contributed by atoms with E-state index in [0.717, 1.165) is 17.5 Å². The topological polar surface area (TPSA) is 128 Å². The molecule has 0 aliphatic rings. The monoisotopic (exact) mass is 413 g/mol. The molecule has 0 unspecified atom stereocenters. The molecule has 158 valence electrons. The van der Waals surface area contributed by atoms with Crippen LogP contribution in [0.4, 0.5) is 11.4 Å². The zero-order valence-corrected chi connectivity index (χ0v) is 17.0. The van der Waals surface area contributed by atoms with Gasteiger partial charge in [-0.25, -0.2) is 0 Å². The predicted octanol–water partition coefficient (Wildman–Crippen LogP) is 3.71. The third-order valence-electron chi connectivity index (χ3n) is 4.55. The maximum absolute atomic E-state index is 12.6. The molecule has 0 spiro atoms. The normalized spacial score (nSPS) is 11.1. The number of nitrogens with zero attached hydrogens (tertiary/aromatic N) is 4. The van der Waals surface area contributed by atoms with Crippen molar-refractivity contribution in [2.24, 2.45) is 0 Å². The molecule has 30 heavy (non-hydrogen) atoms. The van der Waals surface area contributed by atoms with Crippen LogP contribution < -0.4 is 5.32 Å². The van der Waals surface area contributed by atoms with Crippen LogP contribution in [0.1, 0.15) is 30.4 Å². The Labute approximate surface area is 173 Å². The summed E-state index contributed by atoms with van der Waals surface area (Å²) in [6.07, 6.45) is 2.31. The first-order valence-electron chi connectivity index (χ1n) is 9.51. The minimum atomic E-state index is -0.500. The Kier molecular flexibility index (Phi) is 6.58. The molecule has 0 saturated carbocycles. The number of rotatable bonds is 9. The van der Waals surface area contributed by atoms with E-state index in [1.165, 1.54) is 12.3 Å². The molecule has 0 bridgehead atoms. The van der Waals surface area contributed by atoms with E-state index in [4.69, 9.17) is 8.83 Å². The van der Waals surface area contributed by atoms with Gasteiger partial charge < -0.3 is 14.2 Å². The molecule has 1 aromatic carbocycles. The third-order valence-corrected chi connectivity index (χ3v) is 4.55. The fourth-order valence-corrected chi connectivity index (χ4v) is 2.98. The van der Waals surface area contributed by atoms with Gasteiger partial charge in [-0.3, -0.25) is 19.8 Å². The van der Waals surface area contributed by atoms with Crippen LogP contribution in [-0.2, 0) is 11.3 Å². The van der Waals surface area contributed by atoms with Gasteiger partial charge in [0.05, 0.1) is 24.3 Å². The summed E-state index contributed by atoms with van der Waals surface area (Å²) in [6, 6.07) is 6.51. The minimum absolute atomic E-state index is 0.0242. The second-order valence-corrected chi connectivity index (χ2v) is 6.95. The number of carbonyl (C=O) groups is 1. The highest BCUT2D eigenvalue weighted by Crippen LogP contribution is 2.28. The van der Waals surface area contributed by atoms with Crippen molar-refractivity contribution in [3.05, 3.63) is 57.7 Å². The fraction of sp³-hybridized carbons (Fsp3) is 0.350. The number of nitro groups is 1. The molecule has 0 saturated heterocycles. The van der Waals surface area contributed by atoms with E-state index in [2.05, 4.69) is 15.5 Å². The van der Waals surface area contributed by atoms with Crippen molar-refractivity contribution in [2.45, 2.75) is 33.7 Å². The number of furan rings is 1. The van der Waals surface area contributed by atoms with Gasteiger partial charge in [0.15, 0.2) is 5.76 Å². The van der Waals surface area contributed by atoms with Gasteiger partial charge >= 0.3 is 0 Å². The molecule has 0 aliphatic heterocycles. The second-order valence-electron chi connectivity index (χ2n) is 6.95. The molecule has 10 nitrogen and oxygen atoms in total. The van der Waals surface area contributed by atoms with E-state index < -0.39 is 4.92 Å². The average Bonchev–Trinajstić information content (AvgIpc) is 3.36. The SMILES string of the molecule is CCCN(CC(=O)Nc1cc(C)c(C)cc1[N+](=O)[O-])Cc1nnc(-c2ccco2)o1. The summed E-state index contributed by atoms with van der Waals surface area (Å²) in [5.74, 6) is 0.720. The summed E-state index contributed by atoms with van der Waals surface area (Å²) in [7, 11) is 0. The zero-order chi connectivity index (χ0) is 21.7. The van der Waals surface area contributed by atoms with E-state index in [0.29, 0.717) is 18.2 Å². The van der Waals surface area contributed by atoms with Gasteiger partial charge in [0.2, 0.25) is 11.8 Å². The number of hydrogen-bond donors (Lipinski definition) is 1. The number of benzene rings is 1. The molecule has 1 amide bonds. The van der Waals surface area contributed by atoms with Crippen molar-refractivity contribution in [3.63, 3.8) is 0 Å². The molecule has 10 heteroatoms. The molecule has 0 aliphatic carbocycles. The average molecular weight is 413 g/mol. The Morgan fingerprint density at radius 1 is 1.27 bits per heavy atom. The van der Waals surface area contributed by atoms with Crippen molar-refractivity contribution in [3.8, 4) is 11.7 Å². The molecule has 0 fully saturated rings. The highest BCUT2D eigenvalue weighted by molar-refractivity contribution is 5.94. The largest absolute Gasteiger partial charge is 0.459 e. The van der Waals surface area contributed by atoms with Crippen molar-refractivity contribution < 1.29 is 18.6 Å². The summed E-state index contributed by atoms with van der Waals surface area (Å²) in [4.78, 5) is 25.3. The first-order valence-corrected chi connectivity index (χ1v) is 9.51. The highest BCUT2D eigenvalue weighted by Gasteiger charge is 2.20. The smallest absolute Gasteiger partial charge is 0.293 e. The summed E-state index contributed by atoms with van der Waals surface area (Å²) in [5.41, 5.74) is 1.70. The summed E-state index contributed by atoms with van der Waals surface area (Å²) in [6.45, 7) is 6.52. The number of amides is 1. The van der Waals surface area contributed by atoms with Crippen LogP contribution in [-0.4, -0.2) is 39.0 Å². The standard InChI is InChI=1S/C20H23N5O5/c1-4-7-24(12-19-22-23-20(30-19)17-6-5-8-29-17)11-18(26)21-15-9-13(2)14(3)10-16(15)25(27)28/h5-6,8-10H,4,7,11-12H2,1-3H3,(H,21,26). The van der Waals surface area contributed by atoms with Crippen molar-refractivity contribution >= 4 is 17.3 Å². The van der Waals surface area contributed by atoms with Gasteiger partial charge in [-0.15, -0.1) is 10.2 Å². The number of carbonyl (C=O) groups excluding carboxylic acids is 1. The Morgan fingerprint density at radius 3 is 2.70 bits per heavy atom. The third kappa shape index (κ3) is 5.09. The number of nitro benzene ring substituents is 1. The molecule has 2 heterocycles. The number of aryl methyl sites for hydroxylation is 2. The Morgan fingerprint density at radius 2 is 2.03 bits per heavy atom. The van der Waals surface area contributed by atoms with Crippen molar-refractivity contribution in [1.29, 1.82) is 0 Å². The van der Waals surface area contributed by atoms with E-state index in [1.807, 2.05) is 18.7 Å². The lowest BCUT2D eigenvalue weighted by Gasteiger charge is -2.19. The van der Waals surface area contributed by atoms with Crippen LogP contribution in [0.3, 0.4) is 0 Å². The van der Waals surface area contributed by atoms with Gasteiger partial charge in [0, 0.05) is 6.07 Å².